The number of nitrogens with two attached hydrogens (primary N) is 1. The lowest BCUT2D eigenvalue weighted by Crippen LogP contribution is -2.08. The van der Waals surface area contributed by atoms with Crippen LogP contribution >= 0.6 is 0 Å². The van der Waals surface area contributed by atoms with Crippen LogP contribution in [0.3, 0.4) is 0 Å². The van der Waals surface area contributed by atoms with E-state index in [-0.39, 0.29) is 0 Å². The fourth-order valence-corrected chi connectivity index (χ4v) is 1.31. The van der Waals surface area contributed by atoms with Crippen LogP contribution in [0.1, 0.15) is 38.7 Å². The van der Waals surface area contributed by atoms with E-state index < -0.39 is 0 Å². The summed E-state index contributed by atoms with van der Waals surface area (Å²) in [7, 11) is 0. The van der Waals surface area contributed by atoms with E-state index in [1.54, 1.807) is 0 Å². The molecule has 1 rings (SSSR count). The van der Waals surface area contributed by atoms with Gasteiger partial charge in [0.2, 0.25) is 0 Å². The van der Waals surface area contributed by atoms with Crippen LogP contribution < -0.4 is 5.73 Å². The van der Waals surface area contributed by atoms with Gasteiger partial charge in [-0.3, -0.25) is 0 Å². The molecule has 0 amide bonds. The predicted octanol–water partition coefficient (Wildman–Crippen LogP) is 3.21. The van der Waals surface area contributed by atoms with E-state index in [1.165, 1.54) is 5.56 Å². The molecule has 0 heterocycles. The third-order valence-electron chi connectivity index (χ3n) is 2.19. The Kier molecular flexibility index (Phi) is 3.69. The van der Waals surface area contributed by atoms with Gasteiger partial charge in [0.25, 0.3) is 0 Å². The Morgan fingerprint density at radius 3 is 2.57 bits per heavy atom. The summed E-state index contributed by atoms with van der Waals surface area (Å²) in [6, 6.07) is 8.15. The highest BCUT2D eigenvalue weighted by Gasteiger charge is 2.04. The van der Waals surface area contributed by atoms with Gasteiger partial charge in [0, 0.05) is 6.42 Å². The molecular formula is C12H18N2. The summed E-state index contributed by atoms with van der Waals surface area (Å²) in [4.78, 5) is 4.39. The van der Waals surface area contributed by atoms with Crippen LogP contribution in [0.15, 0.2) is 29.3 Å². The van der Waals surface area contributed by atoms with E-state index in [1.807, 2.05) is 25.1 Å². The van der Waals surface area contributed by atoms with E-state index in [0.717, 1.165) is 12.1 Å². The summed E-state index contributed by atoms with van der Waals surface area (Å²) in [5.74, 6) is 1.18. The van der Waals surface area contributed by atoms with Crippen LogP contribution in [0.4, 0.5) is 5.69 Å². The average molecular weight is 190 g/mol. The van der Waals surface area contributed by atoms with Crippen molar-refractivity contribution >= 4 is 11.5 Å². The Morgan fingerprint density at radius 2 is 2.00 bits per heavy atom. The Morgan fingerprint density at radius 1 is 1.36 bits per heavy atom. The summed E-state index contributed by atoms with van der Waals surface area (Å²) < 4.78 is 0. The first kappa shape index (κ1) is 10.8. The molecule has 0 aliphatic carbocycles. The zero-order valence-corrected chi connectivity index (χ0v) is 9.12. The van der Waals surface area contributed by atoms with Crippen molar-refractivity contribution in [2.45, 2.75) is 33.1 Å². The van der Waals surface area contributed by atoms with Gasteiger partial charge in [0.1, 0.15) is 0 Å². The molecule has 0 bridgehead atoms. The quantitative estimate of drug-likeness (QED) is 0.577. The second-order valence-corrected chi connectivity index (χ2v) is 3.67. The van der Waals surface area contributed by atoms with Crippen molar-refractivity contribution in [3.8, 4) is 0 Å². The van der Waals surface area contributed by atoms with Gasteiger partial charge in [-0.1, -0.05) is 39.0 Å². The Bertz CT molecular complexity index is 327. The van der Waals surface area contributed by atoms with Crippen molar-refractivity contribution in [3.63, 3.8) is 0 Å². The smallest absolute Gasteiger partial charge is 0.0993 e. The molecule has 0 fully saturated rings. The van der Waals surface area contributed by atoms with Crippen molar-refractivity contribution < 1.29 is 0 Å². The normalized spacial score (nSPS) is 12.1. The van der Waals surface area contributed by atoms with E-state index >= 15 is 0 Å². The molecule has 0 aromatic heterocycles. The Hall–Kier alpha value is -1.31. The SMILES string of the molecule is CCC(N)=Nc1ccccc1C(C)C. The van der Waals surface area contributed by atoms with Crippen LogP contribution in [0.5, 0.6) is 0 Å². The molecule has 0 saturated carbocycles. The minimum Gasteiger partial charge on any atom is -0.387 e. The summed E-state index contributed by atoms with van der Waals surface area (Å²) in [6.07, 6.45) is 0.798. The zero-order chi connectivity index (χ0) is 10.6. The van der Waals surface area contributed by atoms with Gasteiger partial charge in [-0.2, -0.15) is 0 Å². The third kappa shape index (κ3) is 2.59. The number of para-hydroxylation sites is 1. The predicted molar refractivity (Wildman–Crippen MR) is 62.1 cm³/mol. The zero-order valence-electron chi connectivity index (χ0n) is 9.12. The number of benzene rings is 1. The molecule has 0 unspecified atom stereocenters. The number of hydrogen-bond donors (Lipinski definition) is 1. The highest BCUT2D eigenvalue weighted by Crippen LogP contribution is 2.26. The van der Waals surface area contributed by atoms with E-state index in [4.69, 9.17) is 5.73 Å². The molecule has 1 aromatic carbocycles. The number of rotatable bonds is 3. The van der Waals surface area contributed by atoms with Gasteiger partial charge < -0.3 is 5.73 Å². The molecule has 1 aromatic rings. The van der Waals surface area contributed by atoms with Gasteiger partial charge in [-0.05, 0) is 17.5 Å². The lowest BCUT2D eigenvalue weighted by atomic mass is 10.0. The largest absolute Gasteiger partial charge is 0.387 e. The maximum atomic E-state index is 5.72. The highest BCUT2D eigenvalue weighted by molar-refractivity contribution is 5.83. The maximum absolute atomic E-state index is 5.72. The van der Waals surface area contributed by atoms with E-state index in [2.05, 4.69) is 24.9 Å². The fraction of sp³-hybridized carbons (Fsp3) is 0.417. The molecule has 2 N–H and O–H groups in total. The third-order valence-corrected chi connectivity index (χ3v) is 2.19. The van der Waals surface area contributed by atoms with Crippen molar-refractivity contribution in [3.05, 3.63) is 29.8 Å². The summed E-state index contributed by atoms with van der Waals surface area (Å²) >= 11 is 0. The molecule has 0 saturated heterocycles. The van der Waals surface area contributed by atoms with Crippen LogP contribution in [-0.4, -0.2) is 5.84 Å². The minimum absolute atomic E-state index is 0.486. The standard InChI is InChI=1S/C12H18N2/c1-4-12(13)14-11-8-6-5-7-10(11)9(2)3/h5-9H,4H2,1-3H3,(H2,13,14). The van der Waals surface area contributed by atoms with Gasteiger partial charge in [-0.15, -0.1) is 0 Å². The van der Waals surface area contributed by atoms with E-state index in [9.17, 15) is 0 Å². The lowest BCUT2D eigenvalue weighted by molar-refractivity contribution is 0.866. The lowest BCUT2D eigenvalue weighted by Gasteiger charge is -2.09. The summed E-state index contributed by atoms with van der Waals surface area (Å²) in [6.45, 7) is 6.34. The molecule has 0 aliphatic heterocycles. The van der Waals surface area contributed by atoms with Crippen molar-refractivity contribution in [2.75, 3.05) is 0 Å². The first-order valence-corrected chi connectivity index (χ1v) is 5.07. The molecule has 14 heavy (non-hydrogen) atoms. The average Bonchev–Trinajstić information content (AvgIpc) is 2.18. The molecule has 0 atom stereocenters. The van der Waals surface area contributed by atoms with Gasteiger partial charge >= 0.3 is 0 Å². The van der Waals surface area contributed by atoms with Gasteiger partial charge in [0.05, 0.1) is 11.5 Å². The van der Waals surface area contributed by atoms with Crippen LogP contribution in [0.2, 0.25) is 0 Å². The molecule has 0 radical (unpaired) electrons. The number of amidine groups is 1. The number of hydrogen-bond acceptors (Lipinski definition) is 1. The molecule has 2 heteroatoms. The summed E-state index contributed by atoms with van der Waals surface area (Å²) in [5, 5.41) is 0. The number of nitrogens with zero attached hydrogens (tertiary/aromatic N) is 1. The Labute approximate surface area is 85.9 Å². The summed E-state index contributed by atoms with van der Waals surface area (Å²) in [5.41, 5.74) is 7.98. The van der Waals surface area contributed by atoms with Crippen LogP contribution in [0.25, 0.3) is 0 Å². The van der Waals surface area contributed by atoms with Crippen LogP contribution in [-0.2, 0) is 0 Å². The molecular weight excluding hydrogens is 172 g/mol. The van der Waals surface area contributed by atoms with Crippen molar-refractivity contribution in [1.82, 2.24) is 0 Å². The van der Waals surface area contributed by atoms with Crippen molar-refractivity contribution in [1.29, 1.82) is 0 Å². The van der Waals surface area contributed by atoms with Crippen LogP contribution in [0, 0.1) is 0 Å². The Balaban J connectivity index is 3.07. The second kappa shape index (κ2) is 4.80. The highest BCUT2D eigenvalue weighted by atomic mass is 14.9. The fourth-order valence-electron chi connectivity index (χ4n) is 1.31. The first-order chi connectivity index (χ1) is 6.65. The van der Waals surface area contributed by atoms with E-state index in [0.29, 0.717) is 11.8 Å². The number of aliphatic imine (C=N–C) groups is 1. The first-order valence-electron chi connectivity index (χ1n) is 5.07. The molecule has 0 aliphatic rings. The van der Waals surface area contributed by atoms with Gasteiger partial charge in [0.15, 0.2) is 0 Å². The maximum Gasteiger partial charge on any atom is 0.0993 e. The molecule has 2 nitrogen and oxygen atoms in total. The van der Waals surface area contributed by atoms with Gasteiger partial charge in [-0.25, -0.2) is 4.99 Å². The monoisotopic (exact) mass is 190 g/mol. The second-order valence-electron chi connectivity index (χ2n) is 3.67. The van der Waals surface area contributed by atoms with Crippen molar-refractivity contribution in [2.24, 2.45) is 10.7 Å². The topological polar surface area (TPSA) is 38.4 Å². The minimum atomic E-state index is 0.486. The molecule has 0 spiro atoms. The molecule has 76 valence electrons.